The number of methoxy groups -OCH3 is 2. The number of nitrogens with zero attached hydrogens (tertiary/aromatic N) is 1. The average Bonchev–Trinajstić information content (AvgIpc) is 2.58. The molecule has 0 radical (unpaired) electrons. The van der Waals surface area contributed by atoms with Gasteiger partial charge in [0.2, 0.25) is 0 Å². The number of phenols is 2. The van der Waals surface area contributed by atoms with Crippen LogP contribution in [0.3, 0.4) is 0 Å². The lowest BCUT2D eigenvalue weighted by Crippen LogP contribution is -2.39. The monoisotopic (exact) mass is 327 g/mol. The number of aromatic hydroxyl groups is 2. The van der Waals surface area contributed by atoms with Crippen LogP contribution in [0.15, 0.2) is 24.3 Å². The van der Waals surface area contributed by atoms with E-state index in [4.69, 9.17) is 9.47 Å². The van der Waals surface area contributed by atoms with Crippen LogP contribution in [0.4, 0.5) is 0 Å². The van der Waals surface area contributed by atoms with E-state index < -0.39 is 0 Å². The standard InChI is InChI=1S/C19H21NO4/c1-23-18-8-12-5-15-14-9-19(24-2)16(21)6-11(14)3-4-20(15)10-13(12)7-17(18)22/h6-9,15,21-22H,3-5,10H2,1-2H3/t15-/m0/s1. The molecule has 0 aromatic heterocycles. The maximum Gasteiger partial charge on any atom is 0.160 e. The summed E-state index contributed by atoms with van der Waals surface area (Å²) in [6, 6.07) is 7.80. The lowest BCUT2D eigenvalue weighted by Gasteiger charge is -2.41. The normalized spacial score (nSPS) is 19.2. The van der Waals surface area contributed by atoms with E-state index in [0.29, 0.717) is 11.5 Å². The van der Waals surface area contributed by atoms with E-state index in [1.54, 1.807) is 14.2 Å². The molecule has 5 heteroatoms. The predicted molar refractivity (Wildman–Crippen MR) is 89.9 cm³/mol. The van der Waals surface area contributed by atoms with Gasteiger partial charge in [-0.15, -0.1) is 0 Å². The zero-order valence-corrected chi connectivity index (χ0v) is 13.9. The Morgan fingerprint density at radius 2 is 1.58 bits per heavy atom. The molecule has 2 heterocycles. The summed E-state index contributed by atoms with van der Waals surface area (Å²) < 4.78 is 10.5. The molecule has 4 rings (SSSR count). The van der Waals surface area contributed by atoms with Gasteiger partial charge in [0, 0.05) is 19.1 Å². The van der Waals surface area contributed by atoms with E-state index in [1.165, 1.54) is 16.7 Å². The second-order valence-electron chi connectivity index (χ2n) is 6.46. The maximum atomic E-state index is 10.0. The van der Waals surface area contributed by atoms with Crippen molar-refractivity contribution in [2.45, 2.75) is 25.4 Å². The third-order valence-corrected chi connectivity index (χ3v) is 5.20. The number of fused-ring (bicyclic) bond motifs is 4. The lowest BCUT2D eigenvalue weighted by atomic mass is 9.83. The summed E-state index contributed by atoms with van der Waals surface area (Å²) >= 11 is 0. The Morgan fingerprint density at radius 1 is 0.917 bits per heavy atom. The fourth-order valence-corrected chi connectivity index (χ4v) is 3.94. The molecule has 0 spiro atoms. The first-order valence-electron chi connectivity index (χ1n) is 8.13. The van der Waals surface area contributed by atoms with Crippen molar-refractivity contribution in [3.63, 3.8) is 0 Å². The third kappa shape index (κ3) is 2.27. The lowest BCUT2D eigenvalue weighted by molar-refractivity contribution is 0.160. The smallest absolute Gasteiger partial charge is 0.160 e. The van der Waals surface area contributed by atoms with Crippen molar-refractivity contribution in [1.82, 2.24) is 4.90 Å². The maximum absolute atomic E-state index is 10.0. The second kappa shape index (κ2) is 5.60. The molecular formula is C19H21NO4. The van der Waals surface area contributed by atoms with Gasteiger partial charge in [0.15, 0.2) is 23.0 Å². The van der Waals surface area contributed by atoms with Gasteiger partial charge in [-0.3, -0.25) is 4.90 Å². The van der Waals surface area contributed by atoms with E-state index in [2.05, 4.69) is 4.90 Å². The van der Waals surface area contributed by atoms with E-state index in [0.717, 1.165) is 31.5 Å². The van der Waals surface area contributed by atoms with Crippen LogP contribution in [0.1, 0.15) is 28.3 Å². The van der Waals surface area contributed by atoms with Crippen LogP contribution in [-0.4, -0.2) is 35.9 Å². The van der Waals surface area contributed by atoms with E-state index >= 15 is 0 Å². The second-order valence-corrected chi connectivity index (χ2v) is 6.46. The molecule has 0 bridgehead atoms. The van der Waals surface area contributed by atoms with Crippen molar-refractivity contribution < 1.29 is 19.7 Å². The SMILES string of the molecule is COc1cc2c(cc1O)CN1CCc3cc(O)c(OC)cc3[C@@H]1C2. The van der Waals surface area contributed by atoms with E-state index in [1.807, 2.05) is 24.3 Å². The fraction of sp³-hybridized carbons (Fsp3) is 0.368. The highest BCUT2D eigenvalue weighted by atomic mass is 16.5. The summed E-state index contributed by atoms with van der Waals surface area (Å²) in [5.41, 5.74) is 4.75. The highest BCUT2D eigenvalue weighted by molar-refractivity contribution is 5.52. The van der Waals surface area contributed by atoms with Crippen LogP contribution in [0.2, 0.25) is 0 Å². The highest BCUT2D eigenvalue weighted by Crippen LogP contribution is 2.43. The largest absolute Gasteiger partial charge is 0.504 e. The molecule has 2 N–H and O–H groups in total. The summed E-state index contributed by atoms with van der Waals surface area (Å²) in [4.78, 5) is 2.42. The minimum atomic E-state index is 0.193. The van der Waals surface area contributed by atoms with Gasteiger partial charge in [0.05, 0.1) is 14.2 Å². The number of hydrogen-bond donors (Lipinski definition) is 2. The van der Waals surface area contributed by atoms with Gasteiger partial charge in [0.25, 0.3) is 0 Å². The zero-order chi connectivity index (χ0) is 16.8. The molecule has 126 valence electrons. The van der Waals surface area contributed by atoms with Crippen molar-refractivity contribution in [1.29, 1.82) is 0 Å². The molecule has 0 aliphatic carbocycles. The molecule has 2 aliphatic heterocycles. The van der Waals surface area contributed by atoms with Gasteiger partial charge in [0.1, 0.15) is 0 Å². The van der Waals surface area contributed by atoms with Crippen molar-refractivity contribution in [3.05, 3.63) is 46.5 Å². The Hall–Kier alpha value is -2.40. The molecule has 1 atom stereocenters. The van der Waals surface area contributed by atoms with Crippen LogP contribution in [0.5, 0.6) is 23.0 Å². The quantitative estimate of drug-likeness (QED) is 0.888. The zero-order valence-electron chi connectivity index (χ0n) is 13.9. The van der Waals surface area contributed by atoms with Crippen molar-refractivity contribution in [3.8, 4) is 23.0 Å². The average molecular weight is 327 g/mol. The Balaban J connectivity index is 1.77. The minimum absolute atomic E-state index is 0.193. The molecule has 0 fully saturated rings. The number of ether oxygens (including phenoxy) is 2. The van der Waals surface area contributed by atoms with E-state index in [9.17, 15) is 10.2 Å². The Kier molecular flexibility index (Phi) is 3.53. The van der Waals surface area contributed by atoms with Crippen molar-refractivity contribution in [2.24, 2.45) is 0 Å². The summed E-state index contributed by atoms with van der Waals surface area (Å²) in [7, 11) is 3.14. The van der Waals surface area contributed by atoms with Gasteiger partial charge in [-0.1, -0.05) is 0 Å². The molecule has 5 nitrogen and oxygen atoms in total. The minimum Gasteiger partial charge on any atom is -0.504 e. The van der Waals surface area contributed by atoms with Gasteiger partial charge in [-0.05, 0) is 59.4 Å². The number of rotatable bonds is 2. The Morgan fingerprint density at radius 3 is 2.29 bits per heavy atom. The molecule has 0 unspecified atom stereocenters. The summed E-state index contributed by atoms with van der Waals surface area (Å²) in [6.45, 7) is 1.75. The van der Waals surface area contributed by atoms with Crippen molar-refractivity contribution in [2.75, 3.05) is 20.8 Å². The third-order valence-electron chi connectivity index (χ3n) is 5.20. The summed E-state index contributed by atoms with van der Waals surface area (Å²) in [6.07, 6.45) is 1.76. The first-order valence-corrected chi connectivity index (χ1v) is 8.13. The van der Waals surface area contributed by atoms with Crippen LogP contribution < -0.4 is 9.47 Å². The van der Waals surface area contributed by atoms with Gasteiger partial charge in [-0.2, -0.15) is 0 Å². The first-order chi connectivity index (χ1) is 11.6. The van der Waals surface area contributed by atoms with Crippen LogP contribution in [0.25, 0.3) is 0 Å². The highest BCUT2D eigenvalue weighted by Gasteiger charge is 2.33. The molecule has 2 aromatic carbocycles. The summed E-state index contributed by atoms with van der Waals surface area (Å²) in [5.74, 6) is 1.43. The van der Waals surface area contributed by atoms with Crippen molar-refractivity contribution >= 4 is 0 Å². The topological polar surface area (TPSA) is 62.2 Å². The number of hydrogen-bond acceptors (Lipinski definition) is 5. The fourth-order valence-electron chi connectivity index (χ4n) is 3.94. The molecule has 0 saturated carbocycles. The van der Waals surface area contributed by atoms with E-state index in [-0.39, 0.29) is 17.5 Å². The Bertz CT molecular complexity index is 802. The molecule has 0 amide bonds. The molecule has 0 saturated heterocycles. The van der Waals surface area contributed by atoms with Crippen LogP contribution >= 0.6 is 0 Å². The number of phenolic OH excluding ortho intramolecular Hbond substituents is 2. The molecule has 2 aliphatic rings. The number of benzene rings is 2. The summed E-state index contributed by atoms with van der Waals surface area (Å²) in [5, 5.41) is 20.1. The molecule has 2 aromatic rings. The molecule has 24 heavy (non-hydrogen) atoms. The van der Waals surface area contributed by atoms with Crippen LogP contribution in [0, 0.1) is 0 Å². The van der Waals surface area contributed by atoms with Gasteiger partial charge < -0.3 is 19.7 Å². The Labute approximate surface area is 141 Å². The van der Waals surface area contributed by atoms with Crippen LogP contribution in [-0.2, 0) is 19.4 Å². The molecular weight excluding hydrogens is 306 g/mol. The predicted octanol–water partition coefficient (Wildman–Crippen LogP) is 2.77. The van der Waals surface area contributed by atoms with Gasteiger partial charge in [-0.25, -0.2) is 0 Å². The van der Waals surface area contributed by atoms with Gasteiger partial charge >= 0.3 is 0 Å². The first kappa shape index (κ1) is 15.1.